The van der Waals surface area contributed by atoms with E-state index in [2.05, 4.69) is 39.8 Å². The lowest BCUT2D eigenvalue weighted by molar-refractivity contribution is 0.290. The number of hydrogen-bond acceptors (Lipinski definition) is 2. The van der Waals surface area contributed by atoms with Crippen LogP contribution in [0, 0.1) is 12.3 Å². The predicted octanol–water partition coefficient (Wildman–Crippen LogP) is 3.79. The van der Waals surface area contributed by atoms with Crippen molar-refractivity contribution >= 4 is 11.0 Å². The van der Waals surface area contributed by atoms with Gasteiger partial charge in [-0.15, -0.1) is 0 Å². The maximum absolute atomic E-state index is 6.18. The minimum atomic E-state index is -0.0693. The Morgan fingerprint density at radius 2 is 1.88 bits per heavy atom. The topological polar surface area (TPSA) is 39.2 Å². The van der Waals surface area contributed by atoms with Crippen molar-refractivity contribution in [2.75, 3.05) is 0 Å². The highest BCUT2D eigenvalue weighted by Crippen LogP contribution is 2.33. The van der Waals surface area contributed by atoms with E-state index in [0.717, 1.165) is 16.7 Å². The molecular formula is C14H19NO. The van der Waals surface area contributed by atoms with Crippen molar-refractivity contribution in [3.05, 3.63) is 35.6 Å². The van der Waals surface area contributed by atoms with Crippen LogP contribution in [0.2, 0.25) is 0 Å². The third kappa shape index (κ3) is 1.98. The van der Waals surface area contributed by atoms with Gasteiger partial charge in [0.15, 0.2) is 0 Å². The fraction of sp³-hybridized carbons (Fsp3) is 0.429. The molecule has 0 aliphatic carbocycles. The highest BCUT2D eigenvalue weighted by atomic mass is 16.3. The molecule has 1 atom stereocenters. The van der Waals surface area contributed by atoms with Crippen LogP contribution in [0.15, 0.2) is 28.7 Å². The Morgan fingerprint density at radius 3 is 2.50 bits per heavy atom. The maximum Gasteiger partial charge on any atom is 0.134 e. The molecule has 0 bridgehead atoms. The van der Waals surface area contributed by atoms with Crippen molar-refractivity contribution in [3.8, 4) is 0 Å². The summed E-state index contributed by atoms with van der Waals surface area (Å²) < 4.78 is 5.81. The molecule has 1 aromatic carbocycles. The Bertz CT molecular complexity index is 505. The van der Waals surface area contributed by atoms with Crippen LogP contribution in [0.5, 0.6) is 0 Å². The smallest absolute Gasteiger partial charge is 0.134 e. The zero-order valence-electron chi connectivity index (χ0n) is 10.4. The van der Waals surface area contributed by atoms with E-state index in [9.17, 15) is 0 Å². The van der Waals surface area contributed by atoms with Crippen molar-refractivity contribution in [2.45, 2.75) is 33.7 Å². The summed E-state index contributed by atoms with van der Waals surface area (Å²) in [4.78, 5) is 0. The fourth-order valence-electron chi connectivity index (χ4n) is 1.74. The fourth-order valence-corrected chi connectivity index (χ4v) is 1.74. The van der Waals surface area contributed by atoms with Gasteiger partial charge in [0.25, 0.3) is 0 Å². The zero-order valence-corrected chi connectivity index (χ0v) is 10.4. The van der Waals surface area contributed by atoms with Crippen LogP contribution in [-0.4, -0.2) is 0 Å². The molecule has 0 aliphatic rings. The molecule has 0 radical (unpaired) electrons. The van der Waals surface area contributed by atoms with Gasteiger partial charge in [0.2, 0.25) is 0 Å². The average molecular weight is 217 g/mol. The molecule has 0 saturated carbocycles. The number of furan rings is 1. The van der Waals surface area contributed by atoms with Crippen molar-refractivity contribution in [3.63, 3.8) is 0 Å². The first-order valence-electron chi connectivity index (χ1n) is 5.63. The second-order valence-electron chi connectivity index (χ2n) is 5.53. The van der Waals surface area contributed by atoms with Gasteiger partial charge in [0.05, 0.1) is 6.04 Å². The Labute approximate surface area is 96.4 Å². The highest BCUT2D eigenvalue weighted by molar-refractivity contribution is 5.78. The molecule has 2 heteroatoms. The number of hydrogen-bond donors (Lipinski definition) is 1. The first-order chi connectivity index (χ1) is 7.38. The van der Waals surface area contributed by atoms with E-state index < -0.39 is 0 Å². The Morgan fingerprint density at radius 1 is 1.19 bits per heavy atom. The van der Waals surface area contributed by atoms with E-state index in [1.54, 1.807) is 0 Å². The molecule has 1 unspecified atom stereocenters. The standard InChI is InChI=1S/C14H19NO/c1-9-5-6-10-8-12(16-11(10)7-9)13(15)14(2,3)4/h5-8,13H,15H2,1-4H3. The van der Waals surface area contributed by atoms with Crippen molar-refractivity contribution in [2.24, 2.45) is 11.1 Å². The molecule has 0 saturated heterocycles. The second-order valence-corrected chi connectivity index (χ2v) is 5.53. The summed E-state index contributed by atoms with van der Waals surface area (Å²) in [5.74, 6) is 0.869. The van der Waals surface area contributed by atoms with Crippen LogP contribution < -0.4 is 5.73 Å². The van der Waals surface area contributed by atoms with Gasteiger partial charge in [-0.25, -0.2) is 0 Å². The lowest BCUT2D eigenvalue weighted by atomic mass is 9.86. The van der Waals surface area contributed by atoms with E-state index in [1.165, 1.54) is 5.56 Å². The molecular weight excluding hydrogens is 198 g/mol. The molecule has 0 fully saturated rings. The molecule has 0 aliphatic heterocycles. The first kappa shape index (κ1) is 11.2. The molecule has 0 spiro atoms. The molecule has 0 amide bonds. The van der Waals surface area contributed by atoms with E-state index in [-0.39, 0.29) is 11.5 Å². The van der Waals surface area contributed by atoms with Crippen molar-refractivity contribution in [1.29, 1.82) is 0 Å². The summed E-state index contributed by atoms with van der Waals surface area (Å²) in [5.41, 5.74) is 8.33. The summed E-state index contributed by atoms with van der Waals surface area (Å²) in [6.45, 7) is 8.42. The van der Waals surface area contributed by atoms with Crippen LogP contribution in [0.1, 0.15) is 38.1 Å². The molecule has 1 aromatic heterocycles. The van der Waals surface area contributed by atoms with E-state index in [4.69, 9.17) is 10.2 Å². The second kappa shape index (κ2) is 3.63. The van der Waals surface area contributed by atoms with Gasteiger partial charge < -0.3 is 10.2 Å². The normalized spacial score (nSPS) is 14.3. The third-order valence-electron chi connectivity index (χ3n) is 2.93. The van der Waals surface area contributed by atoms with Gasteiger partial charge in [-0.1, -0.05) is 32.9 Å². The SMILES string of the molecule is Cc1ccc2cc(C(N)C(C)(C)C)oc2c1. The van der Waals surface area contributed by atoms with E-state index in [1.807, 2.05) is 12.1 Å². The van der Waals surface area contributed by atoms with Gasteiger partial charge >= 0.3 is 0 Å². The van der Waals surface area contributed by atoms with Gasteiger partial charge in [0.1, 0.15) is 11.3 Å². The van der Waals surface area contributed by atoms with Crippen LogP contribution in [0.3, 0.4) is 0 Å². The summed E-state index contributed by atoms with van der Waals surface area (Å²) in [6, 6.07) is 8.19. The number of benzene rings is 1. The lowest BCUT2D eigenvalue weighted by Crippen LogP contribution is -2.25. The summed E-state index contributed by atoms with van der Waals surface area (Å²) >= 11 is 0. The van der Waals surface area contributed by atoms with E-state index in [0.29, 0.717) is 0 Å². The Hall–Kier alpha value is -1.28. The molecule has 2 rings (SSSR count). The first-order valence-corrected chi connectivity index (χ1v) is 5.63. The molecule has 16 heavy (non-hydrogen) atoms. The van der Waals surface area contributed by atoms with Crippen LogP contribution in [-0.2, 0) is 0 Å². The highest BCUT2D eigenvalue weighted by Gasteiger charge is 2.25. The summed E-state index contributed by atoms with van der Waals surface area (Å²) in [7, 11) is 0. The summed E-state index contributed by atoms with van der Waals surface area (Å²) in [6.07, 6.45) is 0. The zero-order chi connectivity index (χ0) is 11.9. The largest absolute Gasteiger partial charge is 0.459 e. The Kier molecular flexibility index (Phi) is 2.55. The quantitative estimate of drug-likeness (QED) is 0.789. The number of rotatable bonds is 1. The van der Waals surface area contributed by atoms with Gasteiger partial charge in [-0.3, -0.25) is 0 Å². The van der Waals surface area contributed by atoms with Crippen LogP contribution in [0.25, 0.3) is 11.0 Å². The predicted molar refractivity (Wildman–Crippen MR) is 67.3 cm³/mol. The minimum absolute atomic E-state index is 0.0168. The lowest BCUT2D eigenvalue weighted by Gasteiger charge is -2.24. The maximum atomic E-state index is 6.18. The molecule has 2 nitrogen and oxygen atoms in total. The van der Waals surface area contributed by atoms with Crippen LogP contribution >= 0.6 is 0 Å². The van der Waals surface area contributed by atoms with Crippen molar-refractivity contribution < 1.29 is 4.42 Å². The minimum Gasteiger partial charge on any atom is -0.459 e. The monoisotopic (exact) mass is 217 g/mol. The molecule has 86 valence electrons. The average Bonchev–Trinajstić information content (AvgIpc) is 2.57. The van der Waals surface area contributed by atoms with E-state index >= 15 is 0 Å². The van der Waals surface area contributed by atoms with Gasteiger partial charge in [-0.2, -0.15) is 0 Å². The Balaban J connectivity index is 2.47. The van der Waals surface area contributed by atoms with Crippen LogP contribution in [0.4, 0.5) is 0 Å². The molecule has 1 heterocycles. The van der Waals surface area contributed by atoms with Gasteiger partial charge in [-0.05, 0) is 30.0 Å². The number of aryl methyl sites for hydroxylation is 1. The van der Waals surface area contributed by atoms with Gasteiger partial charge in [0, 0.05) is 5.39 Å². The van der Waals surface area contributed by atoms with Crippen molar-refractivity contribution in [1.82, 2.24) is 0 Å². The number of fused-ring (bicyclic) bond motifs is 1. The third-order valence-corrected chi connectivity index (χ3v) is 2.93. The molecule has 2 aromatic rings. The summed E-state index contributed by atoms with van der Waals surface area (Å²) in [5, 5.41) is 1.13. The molecule has 2 N–H and O–H groups in total. The number of nitrogens with two attached hydrogens (primary N) is 1.